The molecule has 0 saturated heterocycles. The molecule has 2 aromatic heterocycles. The minimum atomic E-state index is -0.238. The number of hydrogen-bond acceptors (Lipinski definition) is 3. The highest BCUT2D eigenvalue weighted by atomic mass is 79.9. The van der Waals surface area contributed by atoms with Gasteiger partial charge in [0.05, 0.1) is 10.2 Å². The van der Waals surface area contributed by atoms with Crippen molar-refractivity contribution in [2.75, 3.05) is 0 Å². The standard InChI is InChI=1S/C9H6BrN3O/c10-7-4-8(12-13-9(7)14)6-2-1-3-11-5-6/h1-5H,(H,13,14). The number of nitrogens with one attached hydrogen (secondary N) is 1. The van der Waals surface area contributed by atoms with Gasteiger partial charge in [-0.25, -0.2) is 5.10 Å². The number of rotatable bonds is 1. The molecule has 2 heterocycles. The van der Waals surface area contributed by atoms with Gasteiger partial charge < -0.3 is 0 Å². The zero-order valence-electron chi connectivity index (χ0n) is 7.07. The highest BCUT2D eigenvalue weighted by Gasteiger charge is 2.01. The van der Waals surface area contributed by atoms with Crippen LogP contribution in [0.25, 0.3) is 11.3 Å². The lowest BCUT2D eigenvalue weighted by atomic mass is 10.2. The molecule has 5 heteroatoms. The molecule has 0 bridgehead atoms. The normalized spacial score (nSPS) is 10.1. The second-order valence-electron chi connectivity index (χ2n) is 2.67. The molecular formula is C9H6BrN3O. The molecule has 0 radical (unpaired) electrons. The quantitative estimate of drug-likeness (QED) is 0.838. The van der Waals surface area contributed by atoms with Crippen LogP contribution in [-0.2, 0) is 0 Å². The van der Waals surface area contributed by atoms with Crippen LogP contribution < -0.4 is 5.56 Å². The van der Waals surface area contributed by atoms with E-state index in [9.17, 15) is 4.79 Å². The average Bonchev–Trinajstić information content (AvgIpc) is 2.23. The number of aromatic amines is 1. The van der Waals surface area contributed by atoms with Gasteiger partial charge in [0.15, 0.2) is 0 Å². The number of nitrogens with zero attached hydrogens (tertiary/aromatic N) is 2. The Morgan fingerprint density at radius 1 is 1.43 bits per heavy atom. The molecule has 0 aliphatic rings. The Labute approximate surface area is 88.1 Å². The van der Waals surface area contributed by atoms with Crippen LogP contribution in [0.1, 0.15) is 0 Å². The number of halogens is 1. The Morgan fingerprint density at radius 2 is 2.29 bits per heavy atom. The first-order valence-electron chi connectivity index (χ1n) is 3.93. The second-order valence-corrected chi connectivity index (χ2v) is 3.53. The Morgan fingerprint density at radius 3 is 2.93 bits per heavy atom. The fourth-order valence-electron chi connectivity index (χ4n) is 1.04. The van der Waals surface area contributed by atoms with Crippen LogP contribution in [0.3, 0.4) is 0 Å². The number of pyridine rings is 1. The van der Waals surface area contributed by atoms with Gasteiger partial charge in [0.2, 0.25) is 0 Å². The summed E-state index contributed by atoms with van der Waals surface area (Å²) in [5.41, 5.74) is 1.31. The van der Waals surface area contributed by atoms with Crippen molar-refractivity contribution in [3.8, 4) is 11.3 Å². The fourth-order valence-corrected chi connectivity index (χ4v) is 1.35. The Hall–Kier alpha value is -1.49. The summed E-state index contributed by atoms with van der Waals surface area (Å²) in [6.07, 6.45) is 3.37. The van der Waals surface area contributed by atoms with Gasteiger partial charge in [0, 0.05) is 18.0 Å². The lowest BCUT2D eigenvalue weighted by Crippen LogP contribution is -2.08. The number of hydrogen-bond donors (Lipinski definition) is 1. The van der Waals surface area contributed by atoms with Gasteiger partial charge in [-0.3, -0.25) is 9.78 Å². The van der Waals surface area contributed by atoms with Gasteiger partial charge >= 0.3 is 0 Å². The van der Waals surface area contributed by atoms with E-state index in [0.717, 1.165) is 5.56 Å². The Bertz CT molecular complexity index is 495. The molecule has 0 fully saturated rings. The van der Waals surface area contributed by atoms with E-state index in [0.29, 0.717) is 10.2 Å². The van der Waals surface area contributed by atoms with E-state index < -0.39 is 0 Å². The van der Waals surface area contributed by atoms with Crippen LogP contribution in [0.2, 0.25) is 0 Å². The highest BCUT2D eigenvalue weighted by molar-refractivity contribution is 9.10. The molecular weight excluding hydrogens is 246 g/mol. The van der Waals surface area contributed by atoms with E-state index in [4.69, 9.17) is 0 Å². The van der Waals surface area contributed by atoms with Crippen molar-refractivity contribution in [3.05, 3.63) is 45.4 Å². The van der Waals surface area contributed by atoms with Crippen LogP contribution in [0.5, 0.6) is 0 Å². The topological polar surface area (TPSA) is 58.6 Å². The van der Waals surface area contributed by atoms with Gasteiger partial charge in [-0.1, -0.05) is 0 Å². The minimum absolute atomic E-state index is 0.238. The molecule has 0 unspecified atom stereocenters. The predicted molar refractivity (Wildman–Crippen MR) is 55.8 cm³/mol. The number of H-pyrrole nitrogens is 1. The molecule has 0 aliphatic heterocycles. The van der Waals surface area contributed by atoms with Crippen molar-refractivity contribution in [1.82, 2.24) is 15.2 Å². The zero-order chi connectivity index (χ0) is 9.97. The molecule has 2 aromatic rings. The van der Waals surface area contributed by atoms with Crippen molar-refractivity contribution in [1.29, 1.82) is 0 Å². The summed E-state index contributed by atoms with van der Waals surface area (Å²) in [6, 6.07) is 5.35. The van der Waals surface area contributed by atoms with E-state index >= 15 is 0 Å². The molecule has 0 saturated carbocycles. The summed E-state index contributed by atoms with van der Waals surface area (Å²) in [4.78, 5) is 15.0. The van der Waals surface area contributed by atoms with E-state index in [-0.39, 0.29) is 5.56 Å². The van der Waals surface area contributed by atoms with Gasteiger partial charge in [-0.15, -0.1) is 0 Å². The maximum absolute atomic E-state index is 11.0. The molecule has 0 spiro atoms. The van der Waals surface area contributed by atoms with Crippen LogP contribution in [0.4, 0.5) is 0 Å². The van der Waals surface area contributed by atoms with Crippen LogP contribution >= 0.6 is 15.9 Å². The van der Waals surface area contributed by atoms with Crippen LogP contribution in [0.15, 0.2) is 39.9 Å². The molecule has 70 valence electrons. The summed E-state index contributed by atoms with van der Waals surface area (Å²) in [6.45, 7) is 0. The fraction of sp³-hybridized carbons (Fsp3) is 0. The largest absolute Gasteiger partial charge is 0.278 e. The third-order valence-electron chi connectivity index (χ3n) is 1.72. The molecule has 2 rings (SSSR count). The van der Waals surface area contributed by atoms with Crippen molar-refractivity contribution < 1.29 is 0 Å². The molecule has 0 aliphatic carbocycles. The summed E-state index contributed by atoms with van der Waals surface area (Å²) in [7, 11) is 0. The average molecular weight is 252 g/mol. The predicted octanol–water partition coefficient (Wildman–Crippen LogP) is 1.59. The van der Waals surface area contributed by atoms with Crippen molar-refractivity contribution in [2.24, 2.45) is 0 Å². The van der Waals surface area contributed by atoms with E-state index in [1.807, 2.05) is 12.1 Å². The van der Waals surface area contributed by atoms with E-state index in [1.54, 1.807) is 18.5 Å². The Kier molecular flexibility index (Phi) is 2.41. The molecule has 0 atom stereocenters. The van der Waals surface area contributed by atoms with Gasteiger partial charge in [0.25, 0.3) is 5.56 Å². The summed E-state index contributed by atoms with van der Waals surface area (Å²) >= 11 is 3.14. The van der Waals surface area contributed by atoms with E-state index in [2.05, 4.69) is 31.1 Å². The molecule has 0 amide bonds. The first kappa shape index (κ1) is 9.08. The smallest absolute Gasteiger partial charge is 0.267 e. The molecule has 1 N–H and O–H groups in total. The monoisotopic (exact) mass is 251 g/mol. The van der Waals surface area contributed by atoms with Crippen molar-refractivity contribution >= 4 is 15.9 Å². The zero-order valence-corrected chi connectivity index (χ0v) is 8.65. The third kappa shape index (κ3) is 1.72. The maximum Gasteiger partial charge on any atom is 0.278 e. The van der Waals surface area contributed by atoms with Gasteiger partial charge in [-0.2, -0.15) is 5.10 Å². The lowest BCUT2D eigenvalue weighted by Gasteiger charge is -1.98. The SMILES string of the molecule is O=c1[nH]nc(-c2cccnc2)cc1Br. The minimum Gasteiger partial charge on any atom is -0.267 e. The van der Waals surface area contributed by atoms with Gasteiger partial charge in [0.1, 0.15) is 0 Å². The van der Waals surface area contributed by atoms with Crippen LogP contribution in [-0.4, -0.2) is 15.2 Å². The Balaban J connectivity index is 2.54. The summed E-state index contributed by atoms with van der Waals surface area (Å²) in [5.74, 6) is 0. The van der Waals surface area contributed by atoms with Gasteiger partial charge in [-0.05, 0) is 34.1 Å². The maximum atomic E-state index is 11.0. The number of aromatic nitrogens is 3. The van der Waals surface area contributed by atoms with Crippen molar-refractivity contribution in [2.45, 2.75) is 0 Å². The molecule has 0 aromatic carbocycles. The first-order valence-corrected chi connectivity index (χ1v) is 4.72. The summed E-state index contributed by atoms with van der Waals surface area (Å²) < 4.78 is 0.464. The van der Waals surface area contributed by atoms with Crippen molar-refractivity contribution in [3.63, 3.8) is 0 Å². The van der Waals surface area contributed by atoms with E-state index in [1.165, 1.54) is 0 Å². The highest BCUT2D eigenvalue weighted by Crippen LogP contribution is 2.15. The first-order chi connectivity index (χ1) is 6.77. The molecule has 4 nitrogen and oxygen atoms in total. The summed E-state index contributed by atoms with van der Waals surface area (Å²) in [5, 5.41) is 6.29. The third-order valence-corrected chi connectivity index (χ3v) is 2.30. The lowest BCUT2D eigenvalue weighted by molar-refractivity contribution is 0.984. The second kappa shape index (κ2) is 3.71. The van der Waals surface area contributed by atoms with Crippen LogP contribution in [0, 0.1) is 0 Å². The molecule has 14 heavy (non-hydrogen) atoms.